The fourth-order valence-electron chi connectivity index (χ4n) is 0.958. The molecule has 0 aliphatic rings. The standard InChI is InChI=1S/C9H18N2/c1-3-5-6-7-9(4-2)8-11-10/h4,8H,3,5-7,10H2,1-2H3/b9-4+,11-8-. The maximum absolute atomic E-state index is 5.04. The van der Waals surface area contributed by atoms with Crippen LogP contribution in [0.3, 0.4) is 0 Å². The summed E-state index contributed by atoms with van der Waals surface area (Å²) < 4.78 is 0. The van der Waals surface area contributed by atoms with E-state index in [0.717, 1.165) is 6.42 Å². The van der Waals surface area contributed by atoms with Crippen molar-refractivity contribution in [1.82, 2.24) is 0 Å². The summed E-state index contributed by atoms with van der Waals surface area (Å²) in [5.41, 5.74) is 1.24. The average Bonchev–Trinajstić information content (AvgIpc) is 2.03. The molecule has 2 N–H and O–H groups in total. The first-order valence-electron chi connectivity index (χ1n) is 4.23. The number of hydrogen-bond acceptors (Lipinski definition) is 2. The molecule has 0 spiro atoms. The summed E-state index contributed by atoms with van der Waals surface area (Å²) in [6.07, 6.45) is 8.68. The third kappa shape index (κ3) is 5.64. The van der Waals surface area contributed by atoms with Crippen molar-refractivity contribution < 1.29 is 0 Å². The van der Waals surface area contributed by atoms with Crippen LogP contribution in [0.1, 0.15) is 39.5 Å². The zero-order valence-electron chi connectivity index (χ0n) is 7.51. The Morgan fingerprint density at radius 1 is 1.45 bits per heavy atom. The van der Waals surface area contributed by atoms with Gasteiger partial charge in [0.05, 0.1) is 0 Å². The SMILES string of the molecule is C/C=C(/C=N\N)CCCCC. The second-order valence-electron chi connectivity index (χ2n) is 2.60. The number of hydrazone groups is 1. The Morgan fingerprint density at radius 2 is 2.18 bits per heavy atom. The van der Waals surface area contributed by atoms with Crippen LogP contribution in [-0.2, 0) is 0 Å². The molecule has 0 aliphatic carbocycles. The van der Waals surface area contributed by atoms with Gasteiger partial charge in [0.2, 0.25) is 0 Å². The number of nitrogens with two attached hydrogens (primary N) is 1. The Bertz CT molecular complexity index is 136. The Balaban J connectivity index is 3.54. The van der Waals surface area contributed by atoms with Crippen molar-refractivity contribution in [2.75, 3.05) is 0 Å². The molecule has 0 aliphatic heterocycles. The van der Waals surface area contributed by atoms with Gasteiger partial charge < -0.3 is 5.84 Å². The summed E-state index contributed by atoms with van der Waals surface area (Å²) in [5.74, 6) is 5.04. The zero-order valence-corrected chi connectivity index (χ0v) is 7.51. The van der Waals surface area contributed by atoms with Crippen LogP contribution < -0.4 is 5.84 Å². The van der Waals surface area contributed by atoms with Crippen LogP contribution in [0, 0.1) is 0 Å². The monoisotopic (exact) mass is 154 g/mol. The molecule has 0 amide bonds. The number of unbranched alkanes of at least 4 members (excludes halogenated alkanes) is 2. The second-order valence-corrected chi connectivity index (χ2v) is 2.60. The van der Waals surface area contributed by atoms with Gasteiger partial charge in [0.1, 0.15) is 0 Å². The predicted octanol–water partition coefficient (Wildman–Crippen LogP) is 2.46. The van der Waals surface area contributed by atoms with Gasteiger partial charge in [-0.15, -0.1) is 0 Å². The van der Waals surface area contributed by atoms with E-state index in [4.69, 9.17) is 5.84 Å². The molecule has 0 bridgehead atoms. The molecule has 64 valence electrons. The van der Waals surface area contributed by atoms with Crippen molar-refractivity contribution in [3.8, 4) is 0 Å². The third-order valence-corrected chi connectivity index (χ3v) is 1.68. The van der Waals surface area contributed by atoms with Crippen LogP contribution in [0.4, 0.5) is 0 Å². The fraction of sp³-hybridized carbons (Fsp3) is 0.667. The molecule has 0 heterocycles. The molecule has 2 heteroatoms. The Morgan fingerprint density at radius 3 is 2.64 bits per heavy atom. The lowest BCUT2D eigenvalue weighted by Gasteiger charge is -1.98. The lowest BCUT2D eigenvalue weighted by Crippen LogP contribution is -1.89. The molecule has 0 fully saturated rings. The molecule has 0 saturated carbocycles. The minimum Gasteiger partial charge on any atom is -0.323 e. The highest BCUT2D eigenvalue weighted by molar-refractivity contribution is 5.77. The van der Waals surface area contributed by atoms with Crippen molar-refractivity contribution in [1.29, 1.82) is 0 Å². The van der Waals surface area contributed by atoms with E-state index >= 15 is 0 Å². The summed E-state index contributed by atoms with van der Waals surface area (Å²) in [5, 5.41) is 3.49. The average molecular weight is 154 g/mol. The van der Waals surface area contributed by atoms with Crippen LogP contribution in [0.5, 0.6) is 0 Å². The van der Waals surface area contributed by atoms with Crippen LogP contribution in [0.15, 0.2) is 16.8 Å². The minimum atomic E-state index is 1.10. The number of hydrogen-bond donors (Lipinski definition) is 1. The highest BCUT2D eigenvalue weighted by Crippen LogP contribution is 2.06. The van der Waals surface area contributed by atoms with Crippen LogP contribution in [0.2, 0.25) is 0 Å². The van der Waals surface area contributed by atoms with Crippen molar-refractivity contribution in [2.45, 2.75) is 39.5 Å². The molecule has 2 nitrogen and oxygen atoms in total. The highest BCUT2D eigenvalue weighted by atomic mass is 15.1. The molecule has 0 rings (SSSR count). The molecule has 11 heavy (non-hydrogen) atoms. The van der Waals surface area contributed by atoms with Gasteiger partial charge in [0.15, 0.2) is 0 Å². The Labute approximate surface area is 69.2 Å². The van der Waals surface area contributed by atoms with E-state index in [1.54, 1.807) is 6.21 Å². The third-order valence-electron chi connectivity index (χ3n) is 1.68. The van der Waals surface area contributed by atoms with Crippen molar-refractivity contribution in [3.63, 3.8) is 0 Å². The van der Waals surface area contributed by atoms with E-state index in [1.165, 1.54) is 24.8 Å². The first-order chi connectivity index (χ1) is 5.35. The zero-order chi connectivity index (χ0) is 8.53. The maximum atomic E-state index is 5.04. The van der Waals surface area contributed by atoms with E-state index < -0.39 is 0 Å². The van der Waals surface area contributed by atoms with Gasteiger partial charge in [-0.1, -0.05) is 25.8 Å². The first-order valence-corrected chi connectivity index (χ1v) is 4.23. The lowest BCUT2D eigenvalue weighted by molar-refractivity contribution is 0.722. The molecule has 0 aromatic carbocycles. The van der Waals surface area contributed by atoms with E-state index in [0.29, 0.717) is 0 Å². The van der Waals surface area contributed by atoms with Crippen LogP contribution in [-0.4, -0.2) is 6.21 Å². The Kier molecular flexibility index (Phi) is 6.79. The second kappa shape index (κ2) is 7.32. The van der Waals surface area contributed by atoms with Gasteiger partial charge >= 0.3 is 0 Å². The maximum Gasteiger partial charge on any atom is 0.0494 e. The van der Waals surface area contributed by atoms with Crippen molar-refractivity contribution >= 4 is 6.21 Å². The van der Waals surface area contributed by atoms with E-state index in [1.807, 2.05) is 6.92 Å². The summed E-state index contributed by atoms with van der Waals surface area (Å²) >= 11 is 0. The fourth-order valence-corrected chi connectivity index (χ4v) is 0.958. The molecule has 0 saturated heterocycles. The smallest absolute Gasteiger partial charge is 0.0494 e. The van der Waals surface area contributed by atoms with E-state index in [2.05, 4.69) is 18.1 Å². The highest BCUT2D eigenvalue weighted by Gasteiger charge is 1.90. The normalized spacial score (nSPS) is 12.7. The molecule has 0 aromatic rings. The van der Waals surface area contributed by atoms with E-state index in [-0.39, 0.29) is 0 Å². The summed E-state index contributed by atoms with van der Waals surface area (Å²) in [6.45, 7) is 4.22. The summed E-state index contributed by atoms with van der Waals surface area (Å²) in [4.78, 5) is 0. The molecule has 0 radical (unpaired) electrons. The number of rotatable bonds is 5. The molecule has 0 aromatic heterocycles. The van der Waals surface area contributed by atoms with Gasteiger partial charge in [-0.25, -0.2) is 0 Å². The largest absolute Gasteiger partial charge is 0.323 e. The van der Waals surface area contributed by atoms with Crippen LogP contribution >= 0.6 is 0 Å². The summed E-state index contributed by atoms with van der Waals surface area (Å²) in [6, 6.07) is 0. The topological polar surface area (TPSA) is 38.4 Å². The number of nitrogens with zero attached hydrogens (tertiary/aromatic N) is 1. The molecular formula is C9H18N2. The summed E-state index contributed by atoms with van der Waals surface area (Å²) in [7, 11) is 0. The molecule has 0 unspecified atom stereocenters. The molecular weight excluding hydrogens is 136 g/mol. The van der Waals surface area contributed by atoms with Gasteiger partial charge in [-0.2, -0.15) is 5.10 Å². The van der Waals surface area contributed by atoms with Gasteiger partial charge in [-0.05, 0) is 25.3 Å². The lowest BCUT2D eigenvalue weighted by atomic mass is 10.1. The number of allylic oxidation sites excluding steroid dienone is 2. The Hall–Kier alpha value is -0.790. The van der Waals surface area contributed by atoms with Crippen molar-refractivity contribution in [2.24, 2.45) is 10.9 Å². The minimum absolute atomic E-state index is 1.10. The van der Waals surface area contributed by atoms with Gasteiger partial charge in [-0.3, -0.25) is 0 Å². The quantitative estimate of drug-likeness (QED) is 0.281. The van der Waals surface area contributed by atoms with Gasteiger partial charge in [0, 0.05) is 6.21 Å². The first kappa shape index (κ1) is 10.2. The molecule has 0 atom stereocenters. The van der Waals surface area contributed by atoms with Crippen molar-refractivity contribution in [3.05, 3.63) is 11.6 Å². The van der Waals surface area contributed by atoms with E-state index in [9.17, 15) is 0 Å². The predicted molar refractivity (Wildman–Crippen MR) is 50.6 cm³/mol. The van der Waals surface area contributed by atoms with Crippen LogP contribution in [0.25, 0.3) is 0 Å². The van der Waals surface area contributed by atoms with Gasteiger partial charge in [0.25, 0.3) is 0 Å².